The van der Waals surface area contributed by atoms with Crippen molar-refractivity contribution < 1.29 is 42.2 Å². The van der Waals surface area contributed by atoms with E-state index in [-0.39, 0.29) is 30.4 Å². The van der Waals surface area contributed by atoms with Crippen LogP contribution >= 0.6 is 11.6 Å². The SMILES string of the molecule is O=C(NCC[C@H](NC(=O)c1ccc(Nc2nc(NC3(c4ccc(Cl)cc4)CC3)nc(OCC(F)(F)F)n2)cc1)C(=O)O)C(=O)Nc1ccc(N2CCN(Cc3ccccc3)CC2)cc1. The molecule has 0 unspecified atom stereocenters. The number of halogens is 4. The van der Waals surface area contributed by atoms with Crippen molar-refractivity contribution in [1.82, 2.24) is 30.5 Å². The average Bonchev–Trinajstić information content (AvgIpc) is 4.06. The third-order valence-electron chi connectivity index (χ3n) is 10.5. The zero-order valence-corrected chi connectivity index (χ0v) is 35.0. The number of carbonyl (C=O) groups excluding carboxylic acids is 3. The summed E-state index contributed by atoms with van der Waals surface area (Å²) in [6, 6.07) is 28.2. The van der Waals surface area contributed by atoms with E-state index in [2.05, 4.69) is 63.5 Å². The topological polar surface area (TPSA) is 203 Å². The molecule has 1 saturated carbocycles. The van der Waals surface area contributed by atoms with Gasteiger partial charge < -0.3 is 41.3 Å². The van der Waals surface area contributed by atoms with E-state index >= 15 is 0 Å². The lowest BCUT2D eigenvalue weighted by Gasteiger charge is -2.36. The highest BCUT2D eigenvalue weighted by molar-refractivity contribution is 6.39. The van der Waals surface area contributed by atoms with Crippen LogP contribution in [0.5, 0.6) is 6.01 Å². The minimum atomic E-state index is -4.65. The summed E-state index contributed by atoms with van der Waals surface area (Å²) in [6.07, 6.45) is -3.48. The minimum absolute atomic E-state index is 0.0419. The second-order valence-electron chi connectivity index (χ2n) is 15.2. The Bertz CT molecular complexity index is 2420. The van der Waals surface area contributed by atoms with Crippen LogP contribution in [0.1, 0.15) is 40.7 Å². The van der Waals surface area contributed by atoms with Crippen LogP contribution in [0.15, 0.2) is 103 Å². The number of ether oxygens (including phenoxy) is 1. The normalized spacial score (nSPS) is 15.0. The Kier molecular flexibility index (Phi) is 14.1. The smallest absolute Gasteiger partial charge is 0.422 e. The Morgan fingerprint density at radius 3 is 2.09 bits per heavy atom. The van der Waals surface area contributed by atoms with Gasteiger partial charge in [-0.15, -0.1) is 0 Å². The summed E-state index contributed by atoms with van der Waals surface area (Å²) in [5.74, 6) is -4.23. The number of nitrogens with zero attached hydrogens (tertiary/aromatic N) is 5. The Morgan fingerprint density at radius 1 is 0.797 bits per heavy atom. The van der Waals surface area contributed by atoms with Crippen molar-refractivity contribution in [2.45, 2.75) is 43.6 Å². The van der Waals surface area contributed by atoms with Crippen LogP contribution in [-0.4, -0.2) is 100 Å². The lowest BCUT2D eigenvalue weighted by molar-refractivity contribution is -0.154. The number of alkyl halides is 3. The Balaban J connectivity index is 0.875. The van der Waals surface area contributed by atoms with Gasteiger partial charge >= 0.3 is 30.0 Å². The van der Waals surface area contributed by atoms with Gasteiger partial charge in [0.05, 0.1) is 5.54 Å². The molecular formula is C44H44ClF3N10O6. The quantitative estimate of drug-likeness (QED) is 0.0598. The molecule has 20 heteroatoms. The van der Waals surface area contributed by atoms with Crippen LogP contribution in [0.25, 0.3) is 0 Å². The van der Waals surface area contributed by atoms with Crippen molar-refractivity contribution in [1.29, 1.82) is 0 Å². The van der Waals surface area contributed by atoms with Gasteiger partial charge in [-0.25, -0.2) is 4.79 Å². The number of nitrogens with one attached hydrogen (secondary N) is 5. The molecule has 1 aliphatic heterocycles. The molecule has 7 rings (SSSR count). The van der Waals surface area contributed by atoms with Crippen LogP contribution < -0.4 is 36.2 Å². The highest BCUT2D eigenvalue weighted by atomic mass is 35.5. The first-order chi connectivity index (χ1) is 30.7. The second kappa shape index (κ2) is 20.0. The average molecular weight is 901 g/mol. The van der Waals surface area contributed by atoms with E-state index in [4.69, 9.17) is 16.3 Å². The van der Waals surface area contributed by atoms with Crippen molar-refractivity contribution in [3.63, 3.8) is 0 Å². The molecule has 1 saturated heterocycles. The van der Waals surface area contributed by atoms with E-state index in [9.17, 15) is 37.5 Å². The predicted octanol–water partition coefficient (Wildman–Crippen LogP) is 5.96. The monoisotopic (exact) mass is 900 g/mol. The van der Waals surface area contributed by atoms with Gasteiger partial charge in [-0.3, -0.25) is 19.3 Å². The molecule has 5 aromatic rings. The number of aromatic nitrogens is 3. The molecule has 4 aromatic carbocycles. The second-order valence-corrected chi connectivity index (χ2v) is 15.7. The number of aliphatic carboxylic acids is 1. The molecule has 0 bridgehead atoms. The van der Waals surface area contributed by atoms with Crippen molar-refractivity contribution in [2.24, 2.45) is 0 Å². The fourth-order valence-corrected chi connectivity index (χ4v) is 7.09. The Morgan fingerprint density at radius 2 is 1.45 bits per heavy atom. The molecule has 3 amide bonds. The predicted molar refractivity (Wildman–Crippen MR) is 233 cm³/mol. The number of piperazine rings is 1. The van der Waals surface area contributed by atoms with Crippen LogP contribution in [-0.2, 0) is 26.5 Å². The summed E-state index contributed by atoms with van der Waals surface area (Å²) in [6.45, 7) is 2.52. The number of benzene rings is 4. The molecule has 1 atom stereocenters. The summed E-state index contributed by atoms with van der Waals surface area (Å²) in [5, 5.41) is 23.7. The maximum Gasteiger partial charge on any atom is 0.422 e. The third-order valence-corrected chi connectivity index (χ3v) is 10.8. The number of anilines is 5. The molecule has 2 aliphatic rings. The number of hydrogen-bond acceptors (Lipinski definition) is 12. The van der Waals surface area contributed by atoms with Gasteiger partial charge in [0, 0.05) is 66.9 Å². The van der Waals surface area contributed by atoms with Crippen LogP contribution in [0, 0.1) is 0 Å². The standard InChI is InChI=1S/C44H44ClF3N10O6/c45-31-10-8-30(9-11-31)43(19-20-43)56-41-53-40(54-42(55-41)64-27-44(46,47)48)51-33-12-6-29(7-13-33)36(59)52-35(39(62)63)18-21-49-37(60)38(61)50-32-14-16-34(17-15-32)58-24-22-57(23-25-58)26-28-4-2-1-3-5-28/h1-17,35H,18-27H2,(H,49,60)(H,50,61)(H,52,59)(H,62,63)(H2,51,53,54,55,56)/t35-/m0/s1. The van der Waals surface area contributed by atoms with Crippen LogP contribution in [0.3, 0.4) is 0 Å². The highest BCUT2D eigenvalue weighted by Gasteiger charge is 2.45. The summed E-state index contributed by atoms with van der Waals surface area (Å²) in [7, 11) is 0. The van der Waals surface area contributed by atoms with E-state index < -0.39 is 54.1 Å². The van der Waals surface area contributed by atoms with Gasteiger partial charge in [0.15, 0.2) is 6.61 Å². The summed E-state index contributed by atoms with van der Waals surface area (Å²) in [5.41, 5.74) is 3.39. The number of carboxylic acids is 1. The van der Waals surface area contributed by atoms with Crippen molar-refractivity contribution in [2.75, 3.05) is 60.2 Å². The van der Waals surface area contributed by atoms with Gasteiger partial charge in [0.25, 0.3) is 5.91 Å². The molecule has 0 spiro atoms. The third kappa shape index (κ3) is 12.6. The molecule has 2 fully saturated rings. The molecule has 6 N–H and O–H groups in total. The lowest BCUT2D eigenvalue weighted by atomic mass is 10.1. The maximum absolute atomic E-state index is 13.1. The van der Waals surface area contributed by atoms with Crippen LogP contribution in [0.2, 0.25) is 5.02 Å². The van der Waals surface area contributed by atoms with Crippen molar-refractivity contribution in [3.8, 4) is 6.01 Å². The molecule has 1 aliphatic carbocycles. The fourth-order valence-electron chi connectivity index (χ4n) is 6.97. The fraction of sp³-hybridized carbons (Fsp3) is 0.295. The van der Waals surface area contributed by atoms with Gasteiger partial charge in [0.1, 0.15) is 6.04 Å². The summed E-state index contributed by atoms with van der Waals surface area (Å²) < 4.78 is 43.8. The van der Waals surface area contributed by atoms with Gasteiger partial charge in [-0.05, 0) is 91.1 Å². The molecule has 16 nitrogen and oxygen atoms in total. The van der Waals surface area contributed by atoms with Gasteiger partial charge in [0.2, 0.25) is 11.9 Å². The first-order valence-corrected chi connectivity index (χ1v) is 20.7. The number of hydrogen-bond donors (Lipinski definition) is 6. The molecule has 0 radical (unpaired) electrons. The first kappa shape index (κ1) is 45.0. The van der Waals surface area contributed by atoms with Crippen molar-refractivity contribution in [3.05, 3.63) is 125 Å². The number of rotatable bonds is 17. The van der Waals surface area contributed by atoms with Gasteiger partial charge in [-0.1, -0.05) is 54.1 Å². The first-order valence-electron chi connectivity index (χ1n) is 20.3. The highest BCUT2D eigenvalue weighted by Crippen LogP contribution is 2.48. The Hall–Kier alpha value is -6.99. The van der Waals surface area contributed by atoms with E-state index in [1.807, 2.05) is 42.5 Å². The molecule has 2 heterocycles. The zero-order chi connectivity index (χ0) is 45.3. The van der Waals surface area contributed by atoms with E-state index in [0.29, 0.717) is 29.2 Å². The summed E-state index contributed by atoms with van der Waals surface area (Å²) in [4.78, 5) is 67.3. The zero-order valence-electron chi connectivity index (χ0n) is 34.2. The number of carboxylic acid groups (broad SMARTS) is 1. The largest absolute Gasteiger partial charge is 0.480 e. The number of carbonyl (C=O) groups is 4. The molecule has 334 valence electrons. The molecular weight excluding hydrogens is 857 g/mol. The van der Waals surface area contributed by atoms with E-state index in [1.54, 1.807) is 24.3 Å². The van der Waals surface area contributed by atoms with Crippen LogP contribution in [0.4, 0.5) is 42.1 Å². The van der Waals surface area contributed by atoms with Gasteiger partial charge in [-0.2, -0.15) is 28.1 Å². The number of amides is 3. The lowest BCUT2D eigenvalue weighted by Crippen LogP contribution is -2.45. The van der Waals surface area contributed by atoms with Crippen molar-refractivity contribution >= 4 is 64.3 Å². The molecule has 64 heavy (non-hydrogen) atoms. The van der Waals surface area contributed by atoms with E-state index in [1.165, 1.54) is 29.8 Å². The molecule has 1 aromatic heterocycles. The summed E-state index contributed by atoms with van der Waals surface area (Å²) >= 11 is 6.04. The maximum atomic E-state index is 13.1. The minimum Gasteiger partial charge on any atom is -0.480 e. The Labute approximate surface area is 370 Å². The van der Waals surface area contributed by atoms with E-state index in [0.717, 1.165) is 44.0 Å².